The van der Waals surface area contributed by atoms with Crippen LogP contribution in [-0.2, 0) is 26.8 Å². The Morgan fingerprint density at radius 3 is 2.74 bits per heavy atom. The molecule has 3 aromatic rings. The van der Waals surface area contributed by atoms with E-state index in [1.807, 2.05) is 13.8 Å². The van der Waals surface area contributed by atoms with Gasteiger partial charge in [0.05, 0.1) is 16.8 Å². The molecule has 5 rings (SSSR count). The summed E-state index contributed by atoms with van der Waals surface area (Å²) in [7, 11) is -8.33. The van der Waals surface area contributed by atoms with Crippen LogP contribution in [0.4, 0.5) is 11.4 Å². The number of fused-ring (bicyclic) bond motifs is 2. The molecule has 13 nitrogen and oxygen atoms in total. The van der Waals surface area contributed by atoms with E-state index in [0.717, 1.165) is 6.07 Å². The molecule has 0 bridgehead atoms. The molecule has 1 unspecified atom stereocenters. The normalized spacial score (nSPS) is 19.1. The number of rotatable bonds is 7. The fourth-order valence-corrected chi connectivity index (χ4v) is 7.02. The summed E-state index contributed by atoms with van der Waals surface area (Å²) in [6.07, 6.45) is 2.68. The summed E-state index contributed by atoms with van der Waals surface area (Å²) in [6.45, 7) is 4.74. The van der Waals surface area contributed by atoms with Gasteiger partial charge in [-0.3, -0.25) is 14.1 Å². The smallest absolute Gasteiger partial charge is 0.301 e. The molecule has 208 valence electrons. The van der Waals surface area contributed by atoms with Gasteiger partial charge in [0, 0.05) is 31.9 Å². The summed E-state index contributed by atoms with van der Waals surface area (Å²) in [5.74, 6) is -0.505. The zero-order valence-electron chi connectivity index (χ0n) is 21.3. The van der Waals surface area contributed by atoms with Crippen LogP contribution in [0.25, 0.3) is 11.0 Å². The minimum Gasteiger partial charge on any atom is -0.506 e. The molecule has 2 aromatic heterocycles. The van der Waals surface area contributed by atoms with Gasteiger partial charge in [-0.2, -0.15) is 21.1 Å². The molecule has 0 amide bonds. The maximum atomic E-state index is 13.6. The van der Waals surface area contributed by atoms with E-state index in [-0.39, 0.29) is 63.8 Å². The zero-order valence-corrected chi connectivity index (χ0v) is 23.0. The van der Waals surface area contributed by atoms with Crippen LogP contribution in [0, 0.1) is 5.92 Å². The lowest BCUT2D eigenvalue weighted by Crippen LogP contribution is -2.36. The predicted molar refractivity (Wildman–Crippen MR) is 148 cm³/mol. The van der Waals surface area contributed by atoms with Crippen LogP contribution in [0.2, 0.25) is 0 Å². The summed E-state index contributed by atoms with van der Waals surface area (Å²) >= 11 is 0. The first kappa shape index (κ1) is 27.1. The Balaban J connectivity index is 1.55. The van der Waals surface area contributed by atoms with Gasteiger partial charge in [0.2, 0.25) is 0 Å². The van der Waals surface area contributed by atoms with Gasteiger partial charge in [-0.05, 0) is 49.1 Å². The lowest BCUT2D eigenvalue weighted by atomic mass is 10.1. The third-order valence-electron chi connectivity index (χ3n) is 6.66. The maximum Gasteiger partial charge on any atom is 0.301 e. The number of hydrogen-bond acceptors (Lipinski definition) is 9. The summed E-state index contributed by atoms with van der Waals surface area (Å²) in [4.78, 5) is 17.5. The first-order valence-electron chi connectivity index (χ1n) is 12.4. The topological polar surface area (TPSA) is 189 Å². The van der Waals surface area contributed by atoms with Crippen molar-refractivity contribution >= 4 is 48.5 Å². The number of aromatic nitrogens is 2. The highest BCUT2D eigenvalue weighted by atomic mass is 32.2. The molecular formula is C24H29N7O6S2. The van der Waals surface area contributed by atoms with E-state index in [1.54, 1.807) is 12.1 Å². The lowest BCUT2D eigenvalue weighted by Gasteiger charge is -2.22. The number of sulfonamides is 1. The fourth-order valence-electron chi connectivity index (χ4n) is 4.59. The summed E-state index contributed by atoms with van der Waals surface area (Å²) < 4.78 is 60.7. The SMILES string of the molecule is CC(C)CCn1c(=O)c(C2=NS(=O)(=O)c3cc(NS(=O)(=O)N4CCC(N)C4)ccc3N2)c(O)c2cccnc21. The van der Waals surface area contributed by atoms with E-state index in [0.29, 0.717) is 19.4 Å². The number of hydrogen-bond donors (Lipinski definition) is 4. The molecule has 0 saturated carbocycles. The Morgan fingerprint density at radius 1 is 1.28 bits per heavy atom. The molecule has 1 fully saturated rings. The molecule has 1 aromatic carbocycles. The van der Waals surface area contributed by atoms with E-state index < -0.39 is 31.5 Å². The number of amidine groups is 1. The van der Waals surface area contributed by atoms with Crippen molar-refractivity contribution in [2.45, 2.75) is 44.2 Å². The number of aryl methyl sites for hydroxylation is 1. The van der Waals surface area contributed by atoms with Crippen molar-refractivity contribution in [3.05, 3.63) is 52.4 Å². The zero-order chi connectivity index (χ0) is 28.1. The van der Waals surface area contributed by atoms with Crippen molar-refractivity contribution in [2.75, 3.05) is 23.1 Å². The monoisotopic (exact) mass is 575 g/mol. The van der Waals surface area contributed by atoms with Crippen LogP contribution in [0.5, 0.6) is 5.75 Å². The maximum absolute atomic E-state index is 13.6. The van der Waals surface area contributed by atoms with Crippen LogP contribution >= 0.6 is 0 Å². The third-order valence-corrected chi connectivity index (χ3v) is 9.48. The summed E-state index contributed by atoms with van der Waals surface area (Å²) in [6, 6.07) is 6.83. The van der Waals surface area contributed by atoms with Gasteiger partial charge in [0.15, 0.2) is 5.84 Å². The standard InChI is InChI=1S/C24H29N7O6S2/c1-14(2)7-11-31-23-17(4-3-9-26-23)21(32)20(24(31)33)22-27-18-6-5-16(12-19(18)38(34,35)29-22)28-39(36,37)30-10-8-15(25)13-30/h3-6,9,12,14-15,28,32H,7-8,10-11,13,25H2,1-2H3,(H,27,29). The second kappa shape index (κ2) is 9.89. The molecule has 39 heavy (non-hydrogen) atoms. The second-order valence-corrected chi connectivity index (χ2v) is 13.2. The molecule has 0 aliphatic carbocycles. The Morgan fingerprint density at radius 2 is 2.05 bits per heavy atom. The van der Waals surface area contributed by atoms with E-state index >= 15 is 0 Å². The van der Waals surface area contributed by atoms with E-state index in [4.69, 9.17) is 5.73 Å². The van der Waals surface area contributed by atoms with Crippen LogP contribution in [0.3, 0.4) is 0 Å². The van der Waals surface area contributed by atoms with Crippen molar-refractivity contribution in [3.63, 3.8) is 0 Å². The lowest BCUT2D eigenvalue weighted by molar-refractivity contribution is 0.473. The Kier molecular flexibility index (Phi) is 6.86. The Labute approximate surface area is 225 Å². The van der Waals surface area contributed by atoms with Crippen LogP contribution in [-0.4, -0.2) is 60.8 Å². The summed E-state index contributed by atoms with van der Waals surface area (Å²) in [5, 5.41) is 14.1. The average Bonchev–Trinajstić information content (AvgIpc) is 3.31. The van der Waals surface area contributed by atoms with Crippen LogP contribution in [0.15, 0.2) is 50.6 Å². The molecule has 1 atom stereocenters. The first-order chi connectivity index (χ1) is 18.4. The van der Waals surface area contributed by atoms with Crippen molar-refractivity contribution in [1.29, 1.82) is 0 Å². The van der Waals surface area contributed by atoms with Crippen LogP contribution in [0.1, 0.15) is 32.3 Å². The Hall–Kier alpha value is -3.53. The van der Waals surface area contributed by atoms with Gasteiger partial charge in [-0.25, -0.2) is 4.98 Å². The number of nitrogens with two attached hydrogens (primary N) is 1. The predicted octanol–water partition coefficient (Wildman–Crippen LogP) is 1.40. The van der Waals surface area contributed by atoms with Crippen molar-refractivity contribution in [2.24, 2.45) is 16.0 Å². The number of anilines is 2. The quantitative estimate of drug-likeness (QED) is 0.323. The highest BCUT2D eigenvalue weighted by Crippen LogP contribution is 2.34. The van der Waals surface area contributed by atoms with E-state index in [9.17, 15) is 26.7 Å². The van der Waals surface area contributed by atoms with Gasteiger partial charge in [0.1, 0.15) is 21.9 Å². The number of nitrogens with zero attached hydrogens (tertiary/aromatic N) is 4. The van der Waals surface area contributed by atoms with Gasteiger partial charge >= 0.3 is 10.2 Å². The fraction of sp³-hybridized carbons (Fsp3) is 0.375. The molecule has 2 aliphatic heterocycles. The number of pyridine rings is 2. The van der Waals surface area contributed by atoms with E-state index in [1.165, 1.54) is 27.2 Å². The molecular weight excluding hydrogens is 546 g/mol. The van der Waals surface area contributed by atoms with Crippen molar-refractivity contribution in [3.8, 4) is 5.75 Å². The molecule has 4 heterocycles. The number of aromatic hydroxyl groups is 1. The minimum absolute atomic E-state index is 0.0221. The van der Waals surface area contributed by atoms with Gasteiger partial charge in [0.25, 0.3) is 15.6 Å². The first-order valence-corrected chi connectivity index (χ1v) is 15.3. The van der Waals surface area contributed by atoms with Crippen LogP contribution < -0.4 is 21.3 Å². The molecule has 0 spiro atoms. The van der Waals surface area contributed by atoms with Gasteiger partial charge in [-0.15, -0.1) is 4.40 Å². The minimum atomic E-state index is -4.39. The molecule has 15 heteroatoms. The second-order valence-electron chi connectivity index (χ2n) is 10.0. The van der Waals surface area contributed by atoms with Crippen molar-refractivity contribution in [1.82, 2.24) is 13.9 Å². The highest BCUT2D eigenvalue weighted by molar-refractivity contribution is 7.91. The number of nitrogens with one attached hydrogen (secondary N) is 2. The average molecular weight is 576 g/mol. The van der Waals surface area contributed by atoms with Gasteiger partial charge < -0.3 is 16.2 Å². The van der Waals surface area contributed by atoms with Crippen molar-refractivity contribution < 1.29 is 21.9 Å². The number of benzene rings is 1. The molecule has 2 aliphatic rings. The molecule has 0 radical (unpaired) electrons. The van der Waals surface area contributed by atoms with Gasteiger partial charge in [-0.1, -0.05) is 13.8 Å². The Bertz CT molecular complexity index is 1770. The van der Waals surface area contributed by atoms with E-state index in [2.05, 4.69) is 19.4 Å². The third kappa shape index (κ3) is 5.09. The highest BCUT2D eigenvalue weighted by Gasteiger charge is 2.32. The summed E-state index contributed by atoms with van der Waals surface area (Å²) in [5.41, 5.74) is 5.24. The molecule has 1 saturated heterocycles. The molecule has 5 N–H and O–H groups in total. The largest absolute Gasteiger partial charge is 0.506 e.